The van der Waals surface area contributed by atoms with E-state index in [-0.39, 0.29) is 5.97 Å². The number of aromatic nitrogens is 1. The first-order valence-corrected chi connectivity index (χ1v) is 10.3. The van der Waals surface area contributed by atoms with E-state index in [9.17, 15) is 4.79 Å². The van der Waals surface area contributed by atoms with Crippen molar-refractivity contribution in [1.29, 1.82) is 0 Å². The predicted molar refractivity (Wildman–Crippen MR) is 107 cm³/mol. The molecule has 1 aromatic heterocycles. The molecule has 0 amide bonds. The van der Waals surface area contributed by atoms with E-state index in [4.69, 9.17) is 9.72 Å². The summed E-state index contributed by atoms with van der Waals surface area (Å²) >= 11 is 1.79. The van der Waals surface area contributed by atoms with E-state index in [1.807, 2.05) is 19.1 Å². The highest BCUT2D eigenvalue weighted by Crippen LogP contribution is 2.42. The van der Waals surface area contributed by atoms with Crippen LogP contribution in [0.15, 0.2) is 24.3 Å². The number of hydrogen-bond donors (Lipinski definition) is 1. The van der Waals surface area contributed by atoms with Gasteiger partial charge in [-0.15, -0.1) is 11.3 Å². The molecule has 1 aromatic carbocycles. The third-order valence-corrected chi connectivity index (χ3v) is 6.05. The zero-order chi connectivity index (χ0) is 17.9. The summed E-state index contributed by atoms with van der Waals surface area (Å²) in [6.45, 7) is 2.21. The van der Waals surface area contributed by atoms with E-state index in [0.717, 1.165) is 22.8 Å². The van der Waals surface area contributed by atoms with Crippen LogP contribution in [0.4, 0.5) is 5.13 Å². The Morgan fingerprint density at radius 1 is 1.35 bits per heavy atom. The molecule has 0 saturated heterocycles. The van der Waals surface area contributed by atoms with Crippen molar-refractivity contribution >= 4 is 28.5 Å². The molecule has 1 fully saturated rings. The Morgan fingerprint density at radius 2 is 2.19 bits per heavy atom. The Hall–Kier alpha value is -2.14. The Kier molecular flexibility index (Phi) is 5.07. The van der Waals surface area contributed by atoms with Gasteiger partial charge in [0.2, 0.25) is 0 Å². The molecule has 2 aromatic rings. The van der Waals surface area contributed by atoms with Gasteiger partial charge in [0.25, 0.3) is 0 Å². The Bertz CT molecular complexity index is 835. The fourth-order valence-corrected chi connectivity index (χ4v) is 4.86. The molecule has 4 nitrogen and oxygen atoms in total. The Balaban J connectivity index is 1.48. The summed E-state index contributed by atoms with van der Waals surface area (Å²) in [5.41, 5.74) is 4.66. The van der Waals surface area contributed by atoms with Gasteiger partial charge in [0.15, 0.2) is 5.13 Å². The number of nitrogens with one attached hydrogen (secondary N) is 1. The summed E-state index contributed by atoms with van der Waals surface area (Å²) in [4.78, 5) is 17.7. The Morgan fingerprint density at radius 3 is 3.00 bits per heavy atom. The van der Waals surface area contributed by atoms with Crippen molar-refractivity contribution < 1.29 is 9.53 Å². The monoisotopic (exact) mass is 368 g/mol. The van der Waals surface area contributed by atoms with Crippen LogP contribution in [0.2, 0.25) is 0 Å². The number of esters is 1. The summed E-state index contributed by atoms with van der Waals surface area (Å²) in [6.07, 6.45) is 10.8. The third kappa shape index (κ3) is 3.68. The maximum absolute atomic E-state index is 11.5. The van der Waals surface area contributed by atoms with E-state index < -0.39 is 0 Å². The summed E-state index contributed by atoms with van der Waals surface area (Å²) in [7, 11) is 0. The van der Waals surface area contributed by atoms with Crippen molar-refractivity contribution in [2.75, 3.05) is 11.9 Å². The molecule has 26 heavy (non-hydrogen) atoms. The average molecular weight is 369 g/mol. The van der Waals surface area contributed by atoms with Crippen molar-refractivity contribution in [3.63, 3.8) is 0 Å². The summed E-state index contributed by atoms with van der Waals surface area (Å²) in [5, 5.41) is 4.71. The number of nitrogens with zero attached hydrogens (tertiary/aromatic N) is 1. The SMILES string of the molecule is CCOC(=O)/C=C/c1ccc2c(c1)Cc1sc(NC3CCCCC3)nc1-2. The third-order valence-electron chi connectivity index (χ3n) is 5.06. The lowest BCUT2D eigenvalue weighted by Gasteiger charge is -2.22. The fourth-order valence-electron chi connectivity index (χ4n) is 3.79. The van der Waals surface area contributed by atoms with Crippen molar-refractivity contribution in [2.24, 2.45) is 0 Å². The van der Waals surface area contributed by atoms with Gasteiger partial charge in [-0.25, -0.2) is 9.78 Å². The summed E-state index contributed by atoms with van der Waals surface area (Å²) < 4.78 is 4.93. The second kappa shape index (κ2) is 7.62. The molecule has 1 saturated carbocycles. The highest BCUT2D eigenvalue weighted by atomic mass is 32.1. The van der Waals surface area contributed by atoms with Crippen molar-refractivity contribution in [3.05, 3.63) is 40.3 Å². The van der Waals surface area contributed by atoms with Crippen molar-refractivity contribution in [1.82, 2.24) is 4.98 Å². The number of carbonyl (C=O) groups excluding carboxylic acids is 1. The molecule has 0 spiro atoms. The van der Waals surface area contributed by atoms with E-state index >= 15 is 0 Å². The van der Waals surface area contributed by atoms with Crippen LogP contribution in [-0.4, -0.2) is 23.6 Å². The standard InChI is InChI=1S/C21H24N2O2S/c1-2-25-19(24)11-9-14-8-10-17-15(12-14)13-18-20(17)23-21(26-18)22-16-6-4-3-5-7-16/h8-12,16H,2-7,13H2,1H3,(H,22,23)/b11-9+. The number of thiazole rings is 1. The van der Waals surface area contributed by atoms with Gasteiger partial charge in [-0.3, -0.25) is 0 Å². The molecule has 2 aliphatic carbocycles. The van der Waals surface area contributed by atoms with Crippen LogP contribution < -0.4 is 5.32 Å². The maximum atomic E-state index is 11.5. The zero-order valence-corrected chi connectivity index (χ0v) is 15.9. The van der Waals surface area contributed by atoms with Gasteiger partial charge in [0.1, 0.15) is 0 Å². The van der Waals surface area contributed by atoms with Crippen LogP contribution in [0.5, 0.6) is 0 Å². The van der Waals surface area contributed by atoms with E-state index in [1.54, 1.807) is 11.3 Å². The minimum Gasteiger partial charge on any atom is -0.463 e. The number of anilines is 1. The highest BCUT2D eigenvalue weighted by molar-refractivity contribution is 7.16. The molecule has 1 heterocycles. The first-order chi connectivity index (χ1) is 12.7. The minimum atomic E-state index is -0.299. The molecule has 0 unspecified atom stereocenters. The average Bonchev–Trinajstić information content (AvgIpc) is 3.17. The lowest BCUT2D eigenvalue weighted by atomic mass is 9.96. The second-order valence-electron chi connectivity index (χ2n) is 6.95. The lowest BCUT2D eigenvalue weighted by Crippen LogP contribution is -2.22. The molecule has 5 heteroatoms. The molecular formula is C21H24N2O2S. The fraction of sp³-hybridized carbons (Fsp3) is 0.429. The topological polar surface area (TPSA) is 51.2 Å². The van der Waals surface area contributed by atoms with Gasteiger partial charge >= 0.3 is 5.97 Å². The molecule has 136 valence electrons. The van der Waals surface area contributed by atoms with Crippen molar-refractivity contribution in [3.8, 4) is 11.3 Å². The molecule has 0 radical (unpaired) electrons. The van der Waals surface area contributed by atoms with Gasteiger partial charge in [-0.05, 0) is 37.0 Å². The van der Waals surface area contributed by atoms with E-state index in [1.165, 1.54) is 54.2 Å². The zero-order valence-electron chi connectivity index (χ0n) is 15.1. The number of carbonyl (C=O) groups is 1. The predicted octanol–water partition coefficient (Wildman–Crippen LogP) is 5.04. The minimum absolute atomic E-state index is 0.299. The number of fused-ring (bicyclic) bond motifs is 3. The van der Waals surface area contributed by atoms with Crippen LogP contribution in [-0.2, 0) is 16.0 Å². The van der Waals surface area contributed by atoms with Crippen LogP contribution in [0, 0.1) is 0 Å². The summed E-state index contributed by atoms with van der Waals surface area (Å²) in [5.74, 6) is -0.299. The smallest absolute Gasteiger partial charge is 0.330 e. The van der Waals surface area contributed by atoms with Gasteiger partial charge in [-0.1, -0.05) is 37.5 Å². The van der Waals surface area contributed by atoms with Gasteiger partial charge in [0, 0.05) is 29.0 Å². The quantitative estimate of drug-likeness (QED) is 0.507. The lowest BCUT2D eigenvalue weighted by molar-refractivity contribution is -0.137. The van der Waals surface area contributed by atoms with E-state index in [0.29, 0.717) is 12.6 Å². The molecule has 0 bridgehead atoms. The van der Waals surface area contributed by atoms with Gasteiger partial charge in [-0.2, -0.15) is 0 Å². The van der Waals surface area contributed by atoms with Crippen LogP contribution in [0.25, 0.3) is 17.3 Å². The van der Waals surface area contributed by atoms with Gasteiger partial charge in [0.05, 0.1) is 12.3 Å². The molecular weight excluding hydrogens is 344 g/mol. The molecule has 2 aliphatic rings. The molecule has 0 aliphatic heterocycles. The van der Waals surface area contributed by atoms with Gasteiger partial charge < -0.3 is 10.1 Å². The maximum Gasteiger partial charge on any atom is 0.330 e. The van der Waals surface area contributed by atoms with Crippen LogP contribution >= 0.6 is 11.3 Å². The Labute approximate surface area is 158 Å². The second-order valence-corrected chi connectivity index (χ2v) is 8.03. The largest absolute Gasteiger partial charge is 0.463 e. The number of benzene rings is 1. The molecule has 4 rings (SSSR count). The first-order valence-electron chi connectivity index (χ1n) is 9.47. The van der Waals surface area contributed by atoms with E-state index in [2.05, 4.69) is 17.4 Å². The number of ether oxygens (including phenoxy) is 1. The highest BCUT2D eigenvalue weighted by Gasteiger charge is 2.24. The van der Waals surface area contributed by atoms with Crippen LogP contribution in [0.3, 0.4) is 0 Å². The number of hydrogen-bond acceptors (Lipinski definition) is 5. The molecule has 1 N–H and O–H groups in total. The number of rotatable bonds is 5. The molecule has 0 atom stereocenters. The first kappa shape index (κ1) is 17.3. The summed E-state index contributed by atoms with van der Waals surface area (Å²) in [6, 6.07) is 6.89. The van der Waals surface area contributed by atoms with Crippen molar-refractivity contribution in [2.45, 2.75) is 51.5 Å². The normalized spacial score (nSPS) is 16.5. The van der Waals surface area contributed by atoms with Crippen LogP contribution in [0.1, 0.15) is 55.0 Å².